The number of hydrogen-bond acceptors (Lipinski definition) is 3. The van der Waals surface area contributed by atoms with Gasteiger partial charge in [0.25, 0.3) is 0 Å². The van der Waals surface area contributed by atoms with Crippen LogP contribution in [-0.4, -0.2) is 13.2 Å². The van der Waals surface area contributed by atoms with Crippen LogP contribution in [-0.2, 0) is 6.54 Å². The number of nitrogens with one attached hydrogen (secondary N) is 1. The second-order valence-electron chi connectivity index (χ2n) is 5.17. The van der Waals surface area contributed by atoms with E-state index in [1.165, 1.54) is 0 Å². The van der Waals surface area contributed by atoms with Gasteiger partial charge < -0.3 is 14.8 Å². The zero-order valence-electron chi connectivity index (χ0n) is 12.0. The second-order valence-corrected chi connectivity index (χ2v) is 5.58. The molecule has 0 amide bonds. The number of aryl methyl sites for hydroxylation is 1. The van der Waals surface area contributed by atoms with Crippen molar-refractivity contribution < 1.29 is 9.47 Å². The fraction of sp³-hybridized carbons (Fsp3) is 0.294. The summed E-state index contributed by atoms with van der Waals surface area (Å²) in [5.74, 6) is 1.64. The van der Waals surface area contributed by atoms with Gasteiger partial charge >= 0.3 is 0 Å². The summed E-state index contributed by atoms with van der Waals surface area (Å²) in [6.45, 7) is 4.14. The van der Waals surface area contributed by atoms with Crippen molar-refractivity contribution in [3.63, 3.8) is 0 Å². The summed E-state index contributed by atoms with van der Waals surface area (Å²) in [4.78, 5) is 0. The first kappa shape index (κ1) is 14.1. The minimum atomic E-state index is 0.694. The summed E-state index contributed by atoms with van der Waals surface area (Å²) in [7, 11) is 0. The lowest BCUT2D eigenvalue weighted by molar-refractivity contribution is 0.297. The minimum absolute atomic E-state index is 0.694. The van der Waals surface area contributed by atoms with Crippen molar-refractivity contribution in [2.45, 2.75) is 19.9 Å². The van der Waals surface area contributed by atoms with Gasteiger partial charge in [-0.3, -0.25) is 0 Å². The molecule has 0 saturated carbocycles. The van der Waals surface area contributed by atoms with Crippen molar-refractivity contribution in [3.8, 4) is 11.5 Å². The van der Waals surface area contributed by atoms with E-state index >= 15 is 0 Å². The van der Waals surface area contributed by atoms with Crippen molar-refractivity contribution >= 4 is 17.3 Å². The minimum Gasteiger partial charge on any atom is -0.490 e. The monoisotopic (exact) mass is 303 g/mol. The Hall–Kier alpha value is -1.87. The maximum absolute atomic E-state index is 6.23. The Balaban J connectivity index is 1.72. The molecule has 0 aromatic heterocycles. The molecule has 2 aromatic rings. The quantitative estimate of drug-likeness (QED) is 0.910. The number of anilines is 1. The Morgan fingerprint density at radius 2 is 1.86 bits per heavy atom. The molecule has 1 aliphatic rings. The van der Waals surface area contributed by atoms with Gasteiger partial charge in [-0.25, -0.2) is 0 Å². The topological polar surface area (TPSA) is 30.5 Å². The van der Waals surface area contributed by atoms with Gasteiger partial charge in [0, 0.05) is 13.0 Å². The maximum atomic E-state index is 6.23. The van der Waals surface area contributed by atoms with Crippen LogP contribution in [0.3, 0.4) is 0 Å². The van der Waals surface area contributed by atoms with Gasteiger partial charge in [0.05, 0.1) is 23.9 Å². The molecular formula is C17H18ClNO2. The lowest BCUT2D eigenvalue weighted by Gasteiger charge is -2.12. The predicted octanol–water partition coefficient (Wildman–Crippen LogP) is 4.42. The standard InChI is InChI=1S/C17H18ClNO2/c1-12-3-5-15(14(18)9-12)19-11-13-4-6-16-17(10-13)21-8-2-7-20-16/h3-6,9-10,19H,2,7-8,11H2,1H3. The van der Waals surface area contributed by atoms with Crippen LogP contribution in [0.25, 0.3) is 0 Å². The Labute approximate surface area is 129 Å². The van der Waals surface area contributed by atoms with E-state index in [2.05, 4.69) is 5.32 Å². The summed E-state index contributed by atoms with van der Waals surface area (Å²) in [5, 5.41) is 4.09. The van der Waals surface area contributed by atoms with E-state index in [0.717, 1.165) is 39.8 Å². The number of benzene rings is 2. The average molecular weight is 304 g/mol. The molecule has 0 fully saturated rings. The highest BCUT2D eigenvalue weighted by molar-refractivity contribution is 6.33. The molecule has 2 aromatic carbocycles. The summed E-state index contributed by atoms with van der Waals surface area (Å²) in [5.41, 5.74) is 3.23. The summed E-state index contributed by atoms with van der Waals surface area (Å²) >= 11 is 6.23. The normalized spacial score (nSPS) is 13.6. The van der Waals surface area contributed by atoms with Crippen molar-refractivity contribution in [3.05, 3.63) is 52.5 Å². The number of ether oxygens (including phenoxy) is 2. The predicted molar refractivity (Wildman–Crippen MR) is 85.6 cm³/mol. The van der Waals surface area contributed by atoms with E-state index in [1.807, 2.05) is 43.3 Å². The van der Waals surface area contributed by atoms with E-state index in [0.29, 0.717) is 19.8 Å². The molecule has 0 unspecified atom stereocenters. The second kappa shape index (κ2) is 6.27. The fourth-order valence-corrected chi connectivity index (χ4v) is 2.58. The van der Waals surface area contributed by atoms with E-state index in [4.69, 9.17) is 21.1 Å². The van der Waals surface area contributed by atoms with Crippen LogP contribution in [0.15, 0.2) is 36.4 Å². The Morgan fingerprint density at radius 1 is 1.05 bits per heavy atom. The molecule has 3 nitrogen and oxygen atoms in total. The maximum Gasteiger partial charge on any atom is 0.161 e. The zero-order chi connectivity index (χ0) is 14.7. The van der Waals surface area contributed by atoms with Crippen LogP contribution in [0.4, 0.5) is 5.69 Å². The molecule has 0 spiro atoms. The van der Waals surface area contributed by atoms with Gasteiger partial charge in [-0.05, 0) is 42.3 Å². The molecule has 0 saturated heterocycles. The van der Waals surface area contributed by atoms with Crippen LogP contribution in [0.5, 0.6) is 11.5 Å². The molecule has 4 heteroatoms. The fourth-order valence-electron chi connectivity index (χ4n) is 2.28. The third kappa shape index (κ3) is 3.42. The van der Waals surface area contributed by atoms with E-state index in [9.17, 15) is 0 Å². The van der Waals surface area contributed by atoms with Crippen molar-refractivity contribution in [1.29, 1.82) is 0 Å². The van der Waals surface area contributed by atoms with Gasteiger partial charge in [0.1, 0.15) is 0 Å². The summed E-state index contributed by atoms with van der Waals surface area (Å²) in [6, 6.07) is 12.0. The van der Waals surface area contributed by atoms with Crippen LogP contribution in [0, 0.1) is 6.92 Å². The van der Waals surface area contributed by atoms with Gasteiger partial charge in [0.2, 0.25) is 0 Å². The Morgan fingerprint density at radius 3 is 2.67 bits per heavy atom. The molecule has 3 rings (SSSR count). The van der Waals surface area contributed by atoms with Crippen molar-refractivity contribution in [2.75, 3.05) is 18.5 Å². The average Bonchev–Trinajstić information content (AvgIpc) is 2.71. The molecule has 21 heavy (non-hydrogen) atoms. The van der Waals surface area contributed by atoms with Crippen LogP contribution < -0.4 is 14.8 Å². The number of halogens is 1. The number of hydrogen-bond donors (Lipinski definition) is 1. The molecule has 0 atom stereocenters. The highest BCUT2D eigenvalue weighted by atomic mass is 35.5. The van der Waals surface area contributed by atoms with Gasteiger partial charge in [-0.15, -0.1) is 0 Å². The third-order valence-corrected chi connectivity index (χ3v) is 3.73. The molecule has 1 N–H and O–H groups in total. The molecular weight excluding hydrogens is 286 g/mol. The van der Waals surface area contributed by atoms with E-state index in [1.54, 1.807) is 0 Å². The molecule has 1 aliphatic heterocycles. The molecule has 0 radical (unpaired) electrons. The highest BCUT2D eigenvalue weighted by Crippen LogP contribution is 2.31. The first-order valence-electron chi connectivity index (χ1n) is 7.11. The summed E-state index contributed by atoms with van der Waals surface area (Å²) < 4.78 is 11.3. The Bertz CT molecular complexity index is 643. The molecule has 110 valence electrons. The van der Waals surface area contributed by atoms with Gasteiger partial charge in [0.15, 0.2) is 11.5 Å². The lowest BCUT2D eigenvalue weighted by Crippen LogP contribution is -2.01. The van der Waals surface area contributed by atoms with Crippen molar-refractivity contribution in [2.24, 2.45) is 0 Å². The smallest absolute Gasteiger partial charge is 0.161 e. The van der Waals surface area contributed by atoms with E-state index in [-0.39, 0.29) is 0 Å². The van der Waals surface area contributed by atoms with Crippen LogP contribution >= 0.6 is 11.6 Å². The first-order valence-corrected chi connectivity index (χ1v) is 7.49. The number of rotatable bonds is 3. The van der Waals surface area contributed by atoms with Crippen LogP contribution in [0.2, 0.25) is 5.02 Å². The first-order chi connectivity index (χ1) is 10.2. The molecule has 1 heterocycles. The third-order valence-electron chi connectivity index (χ3n) is 3.42. The largest absolute Gasteiger partial charge is 0.490 e. The summed E-state index contributed by atoms with van der Waals surface area (Å²) in [6.07, 6.45) is 0.918. The number of fused-ring (bicyclic) bond motifs is 1. The molecule has 0 aliphatic carbocycles. The highest BCUT2D eigenvalue weighted by Gasteiger charge is 2.10. The zero-order valence-corrected chi connectivity index (χ0v) is 12.7. The lowest BCUT2D eigenvalue weighted by atomic mass is 10.2. The van der Waals surface area contributed by atoms with E-state index < -0.39 is 0 Å². The SMILES string of the molecule is Cc1ccc(NCc2ccc3c(c2)OCCCO3)c(Cl)c1. The Kier molecular flexibility index (Phi) is 4.20. The molecule has 0 bridgehead atoms. The van der Waals surface area contributed by atoms with Crippen molar-refractivity contribution in [1.82, 2.24) is 0 Å². The van der Waals surface area contributed by atoms with Gasteiger partial charge in [-0.1, -0.05) is 23.7 Å². The van der Waals surface area contributed by atoms with Crippen LogP contribution in [0.1, 0.15) is 17.5 Å². The van der Waals surface area contributed by atoms with Gasteiger partial charge in [-0.2, -0.15) is 0 Å².